The highest BCUT2D eigenvalue weighted by Crippen LogP contribution is 2.41. The number of hydrogen-bond donors (Lipinski definition) is 1. The molecule has 0 radical (unpaired) electrons. The molecule has 1 fully saturated rings. The molecule has 0 heterocycles. The van der Waals surface area contributed by atoms with Gasteiger partial charge in [-0.05, 0) is 61.2 Å². The van der Waals surface area contributed by atoms with E-state index in [1.165, 1.54) is 56.6 Å². The molecule has 0 spiro atoms. The van der Waals surface area contributed by atoms with Gasteiger partial charge in [0.1, 0.15) is 0 Å². The van der Waals surface area contributed by atoms with E-state index in [2.05, 4.69) is 48.3 Å². The number of hydrogen-bond acceptors (Lipinski definition) is 2. The average Bonchev–Trinajstić information content (AvgIpc) is 3.30. The van der Waals surface area contributed by atoms with Gasteiger partial charge in [-0.1, -0.05) is 31.2 Å². The van der Waals surface area contributed by atoms with E-state index in [1.807, 2.05) is 0 Å². The molecule has 1 aromatic carbocycles. The molecular weight excluding hydrogens is 262 g/mol. The molecule has 0 aromatic heterocycles. The second-order valence-corrected chi connectivity index (χ2v) is 7.79. The first-order chi connectivity index (χ1) is 9.84. The Morgan fingerprint density at radius 1 is 1.30 bits per heavy atom. The van der Waals surface area contributed by atoms with E-state index in [0.717, 1.165) is 6.04 Å². The van der Waals surface area contributed by atoms with Crippen LogP contribution in [0.4, 0.5) is 0 Å². The van der Waals surface area contributed by atoms with Crippen molar-refractivity contribution in [2.75, 3.05) is 18.1 Å². The van der Waals surface area contributed by atoms with Crippen molar-refractivity contribution in [2.45, 2.75) is 56.9 Å². The first-order valence-electron chi connectivity index (χ1n) is 8.23. The molecule has 2 aliphatic rings. The van der Waals surface area contributed by atoms with E-state index in [1.54, 1.807) is 11.1 Å². The molecular formula is C18H27NS. The number of rotatable bonds is 7. The molecule has 1 atom stereocenters. The lowest BCUT2D eigenvalue weighted by Crippen LogP contribution is -2.42. The van der Waals surface area contributed by atoms with E-state index in [4.69, 9.17) is 0 Å². The van der Waals surface area contributed by atoms with Crippen LogP contribution in [0.2, 0.25) is 0 Å². The van der Waals surface area contributed by atoms with Crippen LogP contribution in [0.25, 0.3) is 0 Å². The Morgan fingerprint density at radius 3 is 2.95 bits per heavy atom. The van der Waals surface area contributed by atoms with Crippen LogP contribution in [-0.4, -0.2) is 24.1 Å². The Kier molecular flexibility index (Phi) is 4.72. The number of benzene rings is 1. The molecule has 1 nitrogen and oxygen atoms in total. The highest BCUT2D eigenvalue weighted by Gasteiger charge is 2.37. The van der Waals surface area contributed by atoms with Gasteiger partial charge in [-0.3, -0.25) is 0 Å². The molecule has 0 bridgehead atoms. The van der Waals surface area contributed by atoms with Crippen LogP contribution in [-0.2, 0) is 11.8 Å². The van der Waals surface area contributed by atoms with E-state index in [-0.39, 0.29) is 0 Å². The molecule has 2 heteroatoms. The first-order valence-corrected chi connectivity index (χ1v) is 9.39. The van der Waals surface area contributed by atoms with Crippen LogP contribution in [0.5, 0.6) is 0 Å². The molecule has 2 aliphatic carbocycles. The summed E-state index contributed by atoms with van der Waals surface area (Å²) in [6, 6.07) is 10.0. The fourth-order valence-electron chi connectivity index (χ4n) is 3.58. The van der Waals surface area contributed by atoms with E-state index in [0.29, 0.717) is 5.41 Å². The highest BCUT2D eigenvalue weighted by molar-refractivity contribution is 7.99. The lowest BCUT2D eigenvalue weighted by atomic mass is 9.68. The Balaban J connectivity index is 1.80. The third kappa shape index (κ3) is 3.23. The van der Waals surface area contributed by atoms with Crippen molar-refractivity contribution >= 4 is 11.8 Å². The largest absolute Gasteiger partial charge is 0.313 e. The van der Waals surface area contributed by atoms with Gasteiger partial charge < -0.3 is 5.32 Å². The maximum Gasteiger partial charge on any atom is 0.00885 e. The van der Waals surface area contributed by atoms with Gasteiger partial charge in [0.05, 0.1) is 0 Å². The van der Waals surface area contributed by atoms with Crippen molar-refractivity contribution < 1.29 is 0 Å². The van der Waals surface area contributed by atoms with Crippen molar-refractivity contribution in [3.05, 3.63) is 35.4 Å². The zero-order chi connectivity index (χ0) is 13.8. The Morgan fingerprint density at radius 2 is 2.15 bits per heavy atom. The fraction of sp³-hybridized carbons (Fsp3) is 0.667. The van der Waals surface area contributed by atoms with Crippen molar-refractivity contribution in [2.24, 2.45) is 0 Å². The van der Waals surface area contributed by atoms with Crippen LogP contribution >= 0.6 is 11.8 Å². The Bertz CT molecular complexity index is 441. The first kappa shape index (κ1) is 14.5. The zero-order valence-corrected chi connectivity index (χ0v) is 13.5. The van der Waals surface area contributed by atoms with E-state index < -0.39 is 0 Å². The summed E-state index contributed by atoms with van der Waals surface area (Å²) in [6.45, 7) is 3.47. The predicted octanol–water partition coefficient (Wildman–Crippen LogP) is 4.16. The topological polar surface area (TPSA) is 12.0 Å². The van der Waals surface area contributed by atoms with Gasteiger partial charge in [-0.2, -0.15) is 11.8 Å². The minimum atomic E-state index is 0.402. The molecule has 3 rings (SSSR count). The molecule has 0 saturated heterocycles. The third-order valence-corrected chi connectivity index (χ3v) is 5.83. The standard InChI is InChI=1S/C18H27NS/c1-2-20-13-12-18(14-19-16-9-10-16)11-5-7-15-6-3-4-8-17(15)18/h3-4,6,8,16,19H,2,5,7,9-14H2,1H3. The van der Waals surface area contributed by atoms with Gasteiger partial charge in [-0.25, -0.2) is 0 Å². The summed E-state index contributed by atoms with van der Waals surface area (Å²) in [5.41, 5.74) is 3.66. The second-order valence-electron chi connectivity index (χ2n) is 6.39. The summed E-state index contributed by atoms with van der Waals surface area (Å²) in [4.78, 5) is 0. The molecule has 110 valence electrons. The minimum Gasteiger partial charge on any atom is -0.313 e. The van der Waals surface area contributed by atoms with Crippen LogP contribution in [0.3, 0.4) is 0 Å². The Labute approximate surface area is 127 Å². The van der Waals surface area contributed by atoms with Crippen molar-refractivity contribution in [3.63, 3.8) is 0 Å². The van der Waals surface area contributed by atoms with Crippen LogP contribution in [0, 0.1) is 0 Å². The monoisotopic (exact) mass is 289 g/mol. The van der Waals surface area contributed by atoms with Gasteiger partial charge in [0.2, 0.25) is 0 Å². The maximum absolute atomic E-state index is 3.83. The predicted molar refractivity (Wildman–Crippen MR) is 89.7 cm³/mol. The lowest BCUT2D eigenvalue weighted by Gasteiger charge is -2.40. The smallest absolute Gasteiger partial charge is 0.00885 e. The molecule has 1 saturated carbocycles. The van der Waals surface area contributed by atoms with Gasteiger partial charge in [-0.15, -0.1) is 0 Å². The van der Waals surface area contributed by atoms with Gasteiger partial charge >= 0.3 is 0 Å². The number of fused-ring (bicyclic) bond motifs is 1. The molecule has 20 heavy (non-hydrogen) atoms. The van der Waals surface area contributed by atoms with Gasteiger partial charge in [0.25, 0.3) is 0 Å². The van der Waals surface area contributed by atoms with Gasteiger partial charge in [0, 0.05) is 18.0 Å². The summed E-state index contributed by atoms with van der Waals surface area (Å²) in [5.74, 6) is 2.55. The molecule has 1 N–H and O–H groups in total. The fourth-order valence-corrected chi connectivity index (χ4v) is 4.40. The maximum atomic E-state index is 3.83. The van der Waals surface area contributed by atoms with Crippen molar-refractivity contribution in [1.82, 2.24) is 5.32 Å². The quantitative estimate of drug-likeness (QED) is 0.757. The van der Waals surface area contributed by atoms with Crippen molar-refractivity contribution in [3.8, 4) is 0 Å². The zero-order valence-electron chi connectivity index (χ0n) is 12.7. The summed E-state index contributed by atoms with van der Waals surface area (Å²) < 4.78 is 0. The summed E-state index contributed by atoms with van der Waals surface area (Å²) in [7, 11) is 0. The summed E-state index contributed by atoms with van der Waals surface area (Å²) in [6.07, 6.45) is 8.13. The number of aryl methyl sites for hydroxylation is 1. The normalized spacial score (nSPS) is 25.4. The van der Waals surface area contributed by atoms with Gasteiger partial charge in [0.15, 0.2) is 0 Å². The second kappa shape index (κ2) is 6.53. The molecule has 1 aromatic rings. The highest BCUT2D eigenvalue weighted by atomic mass is 32.2. The Hall–Kier alpha value is -0.470. The summed E-state index contributed by atoms with van der Waals surface area (Å²) in [5, 5.41) is 3.83. The average molecular weight is 289 g/mol. The minimum absolute atomic E-state index is 0.402. The SMILES string of the molecule is CCSCCC1(CNC2CC2)CCCc2ccccc21. The lowest BCUT2D eigenvalue weighted by molar-refractivity contribution is 0.329. The number of nitrogens with one attached hydrogen (secondary N) is 1. The number of thioether (sulfide) groups is 1. The molecule has 0 aliphatic heterocycles. The van der Waals surface area contributed by atoms with E-state index >= 15 is 0 Å². The van der Waals surface area contributed by atoms with E-state index in [9.17, 15) is 0 Å². The van der Waals surface area contributed by atoms with Crippen LogP contribution in [0.15, 0.2) is 24.3 Å². The third-order valence-electron chi connectivity index (χ3n) is 4.93. The molecule has 1 unspecified atom stereocenters. The van der Waals surface area contributed by atoms with Crippen LogP contribution in [0.1, 0.15) is 50.2 Å². The van der Waals surface area contributed by atoms with Crippen molar-refractivity contribution in [1.29, 1.82) is 0 Å². The summed E-state index contributed by atoms with van der Waals surface area (Å²) >= 11 is 2.10. The molecule has 0 amide bonds. The van der Waals surface area contributed by atoms with Crippen LogP contribution < -0.4 is 5.32 Å².